The van der Waals surface area contributed by atoms with Crippen LogP contribution in [0.4, 0.5) is 0 Å². The second-order valence-corrected chi connectivity index (χ2v) is 11.4. The van der Waals surface area contributed by atoms with E-state index in [1.165, 1.54) is 11.1 Å². The molecule has 4 aromatic carbocycles. The number of benzene rings is 4. The summed E-state index contributed by atoms with van der Waals surface area (Å²) in [6.45, 7) is 2.19. The molecule has 0 fully saturated rings. The highest BCUT2D eigenvalue weighted by molar-refractivity contribution is 6.42. The zero-order valence-electron chi connectivity index (χ0n) is 22.1. The Morgan fingerprint density at radius 3 is 1.63 bits per heavy atom. The maximum absolute atomic E-state index is 6.12. The number of aromatic nitrogens is 2. The van der Waals surface area contributed by atoms with Crippen molar-refractivity contribution in [1.82, 2.24) is 9.55 Å². The van der Waals surface area contributed by atoms with Gasteiger partial charge in [0.1, 0.15) is 0 Å². The number of hydrogen-bond acceptors (Lipinski definition) is 1. The lowest BCUT2D eigenvalue weighted by Gasteiger charge is -2.36. The summed E-state index contributed by atoms with van der Waals surface area (Å²) in [4.78, 5) is 4.35. The van der Waals surface area contributed by atoms with Crippen LogP contribution in [0.15, 0.2) is 152 Å². The average molecular weight is 511 g/mol. The Balaban J connectivity index is 0.000000204. The fourth-order valence-electron chi connectivity index (χ4n) is 4.89. The van der Waals surface area contributed by atoms with E-state index in [0.717, 1.165) is 23.6 Å². The third-order valence-electron chi connectivity index (χ3n) is 6.84. The molecule has 0 saturated heterocycles. The molecule has 0 aliphatic carbocycles. The first-order valence-electron chi connectivity index (χ1n) is 13.4. The molecule has 0 saturated carbocycles. The van der Waals surface area contributed by atoms with E-state index in [1.54, 1.807) is 0 Å². The molecule has 0 bridgehead atoms. The van der Waals surface area contributed by atoms with Crippen molar-refractivity contribution in [2.45, 2.75) is 30.4 Å². The molecule has 0 N–H and O–H groups in total. The van der Waals surface area contributed by atoms with Crippen LogP contribution in [-0.2, 0) is 5.16 Å². The van der Waals surface area contributed by atoms with Gasteiger partial charge in [0.2, 0.25) is 0 Å². The number of rotatable bonds is 9. The summed E-state index contributed by atoms with van der Waals surface area (Å²) in [5, 5.41) is -0.100. The number of hydrogen-bond donors (Lipinski definition) is 0. The maximum Gasteiger partial charge on any atom is 0.0953 e. The lowest BCUT2D eigenvalue weighted by Crippen LogP contribution is -2.41. The summed E-state index contributed by atoms with van der Waals surface area (Å²) in [5.74, 6) is -0.0163. The molecule has 4 heteroatoms. The first-order valence-corrected chi connectivity index (χ1v) is 15.1. The second kappa shape index (κ2) is 14.2. The molecular formula is C34H35BN2Si. The predicted molar refractivity (Wildman–Crippen MR) is 165 cm³/mol. The topological polar surface area (TPSA) is 17.8 Å². The summed E-state index contributed by atoms with van der Waals surface area (Å²) in [6, 6.07) is 43.2. The lowest BCUT2D eigenvalue weighted by atomic mass is 9.76. The van der Waals surface area contributed by atoms with Gasteiger partial charge in [0, 0.05) is 12.4 Å². The van der Waals surface area contributed by atoms with E-state index in [4.69, 9.17) is 7.85 Å². The zero-order chi connectivity index (χ0) is 26.5. The second-order valence-electron chi connectivity index (χ2n) is 9.28. The third kappa shape index (κ3) is 6.70. The quantitative estimate of drug-likeness (QED) is 0.152. The Morgan fingerprint density at radius 2 is 1.21 bits per heavy atom. The van der Waals surface area contributed by atoms with Gasteiger partial charge in [-0.05, 0) is 40.5 Å². The van der Waals surface area contributed by atoms with Gasteiger partial charge in [0.05, 0.1) is 28.9 Å². The number of imidazole rings is 1. The van der Waals surface area contributed by atoms with E-state index < -0.39 is 9.52 Å². The Hall–Kier alpha value is -3.89. The van der Waals surface area contributed by atoms with E-state index in [9.17, 15) is 0 Å². The fraction of sp³-hybridized carbons (Fsp3) is 0.147. The minimum Gasteiger partial charge on any atom is -0.327 e. The van der Waals surface area contributed by atoms with E-state index >= 15 is 0 Å². The van der Waals surface area contributed by atoms with Crippen molar-refractivity contribution in [2.75, 3.05) is 0 Å². The van der Waals surface area contributed by atoms with E-state index in [-0.39, 0.29) is 11.0 Å². The zero-order valence-corrected chi connectivity index (χ0v) is 23.5. The molecule has 1 aromatic heterocycles. The van der Waals surface area contributed by atoms with Crippen molar-refractivity contribution in [1.29, 1.82) is 0 Å². The molecular weight excluding hydrogens is 475 g/mol. The van der Waals surface area contributed by atoms with Crippen LogP contribution in [0.3, 0.4) is 0 Å². The van der Waals surface area contributed by atoms with Gasteiger partial charge in [-0.25, -0.2) is 4.98 Å². The first kappa shape index (κ1) is 27.2. The highest BCUT2D eigenvalue weighted by atomic mass is 28.2. The summed E-state index contributed by atoms with van der Waals surface area (Å²) in [6.07, 6.45) is 11.7. The van der Waals surface area contributed by atoms with Gasteiger partial charge in [-0.1, -0.05) is 140 Å². The Bertz CT molecular complexity index is 1260. The average Bonchev–Trinajstić information content (AvgIpc) is 3.55. The number of allylic oxidation sites excluding steroid dienone is 2. The number of nitrogens with zero attached hydrogens (tertiary/aromatic N) is 2. The van der Waals surface area contributed by atoms with Gasteiger partial charge in [0.25, 0.3) is 0 Å². The lowest BCUT2D eigenvalue weighted by molar-refractivity contribution is 0.592. The molecule has 1 heterocycles. The van der Waals surface area contributed by atoms with Crippen molar-refractivity contribution in [2.24, 2.45) is 0 Å². The molecule has 2 radical (unpaired) electrons. The van der Waals surface area contributed by atoms with Crippen LogP contribution < -0.4 is 0 Å². The Labute approximate surface area is 231 Å². The molecule has 0 spiro atoms. The molecule has 5 rings (SSSR count). The molecule has 0 amide bonds. The molecule has 0 aliphatic heterocycles. The van der Waals surface area contributed by atoms with Crippen molar-refractivity contribution in [3.63, 3.8) is 0 Å². The van der Waals surface area contributed by atoms with Crippen molar-refractivity contribution >= 4 is 17.4 Å². The van der Waals surface area contributed by atoms with Crippen LogP contribution >= 0.6 is 0 Å². The Kier molecular flexibility index (Phi) is 10.1. The third-order valence-corrected chi connectivity index (χ3v) is 9.37. The van der Waals surface area contributed by atoms with Crippen LogP contribution in [0, 0.1) is 0 Å². The summed E-state index contributed by atoms with van der Waals surface area (Å²) in [5.41, 5.74) is 5.01. The molecule has 2 nitrogen and oxygen atoms in total. The van der Waals surface area contributed by atoms with Crippen LogP contribution in [0.25, 0.3) is 0 Å². The molecule has 0 atom stereocenters. The smallest absolute Gasteiger partial charge is 0.0953 e. The summed E-state index contributed by atoms with van der Waals surface area (Å²) < 4.78 is 2.31. The van der Waals surface area contributed by atoms with E-state index in [0.29, 0.717) is 0 Å². The van der Waals surface area contributed by atoms with Gasteiger partial charge in [0.15, 0.2) is 0 Å². The van der Waals surface area contributed by atoms with Gasteiger partial charge >= 0.3 is 0 Å². The Morgan fingerprint density at radius 1 is 0.737 bits per heavy atom. The largest absolute Gasteiger partial charge is 0.327 e. The summed E-state index contributed by atoms with van der Waals surface area (Å²) >= 11 is 0. The fourth-order valence-corrected chi connectivity index (χ4v) is 7.20. The minimum absolute atomic E-state index is 0.0163. The minimum atomic E-state index is -0.531. The molecule has 5 aromatic rings. The van der Waals surface area contributed by atoms with Crippen LogP contribution in [-0.4, -0.2) is 26.9 Å². The molecule has 0 unspecified atom stereocenters. The van der Waals surface area contributed by atoms with E-state index in [1.807, 2.05) is 48.9 Å². The molecule has 38 heavy (non-hydrogen) atoms. The first-order chi connectivity index (χ1) is 18.8. The SMILES string of the molecule is CCC=CC[SiH2]C(c1ccccc1)(c1ccccc1)n1ccnc1.[B]C(c1ccccc1)c1ccccc1. The predicted octanol–water partition coefficient (Wildman–Crippen LogP) is 7.13. The van der Waals surface area contributed by atoms with Crippen LogP contribution in [0.5, 0.6) is 0 Å². The van der Waals surface area contributed by atoms with Crippen LogP contribution in [0.1, 0.15) is 41.4 Å². The van der Waals surface area contributed by atoms with Crippen molar-refractivity contribution in [3.8, 4) is 0 Å². The summed E-state index contributed by atoms with van der Waals surface area (Å²) in [7, 11) is 5.59. The maximum atomic E-state index is 6.12. The van der Waals surface area contributed by atoms with Crippen molar-refractivity contribution in [3.05, 3.63) is 174 Å². The monoisotopic (exact) mass is 510 g/mol. The van der Waals surface area contributed by atoms with E-state index in [2.05, 4.69) is 120 Å². The standard InChI is InChI=1S/C21H24N2Si.C13H11B/c1-2-3-10-17-24-21(23-16-15-22-18-23,19-11-6-4-7-12-19)20-13-8-5-9-14-20;14-13(11-7-3-1-4-8-11)12-9-5-2-6-10-12/h3-16,18H,2,17,24H2,1H3;1-10,13H. The highest BCUT2D eigenvalue weighted by Crippen LogP contribution is 2.34. The highest BCUT2D eigenvalue weighted by Gasteiger charge is 2.35. The van der Waals surface area contributed by atoms with Crippen LogP contribution in [0.2, 0.25) is 6.04 Å². The molecule has 188 valence electrons. The van der Waals surface area contributed by atoms with Gasteiger partial charge in [-0.2, -0.15) is 0 Å². The van der Waals surface area contributed by atoms with Gasteiger partial charge in [-0.3, -0.25) is 0 Å². The van der Waals surface area contributed by atoms with Crippen molar-refractivity contribution < 1.29 is 0 Å². The molecule has 0 aliphatic rings. The normalized spacial score (nSPS) is 11.6. The van der Waals surface area contributed by atoms with Gasteiger partial charge < -0.3 is 4.57 Å². The van der Waals surface area contributed by atoms with Gasteiger partial charge in [-0.15, -0.1) is 0 Å².